The van der Waals surface area contributed by atoms with E-state index in [9.17, 15) is 5.11 Å². The van der Waals surface area contributed by atoms with Crippen molar-refractivity contribution in [2.24, 2.45) is 7.05 Å². The minimum absolute atomic E-state index is 0.521. The molecule has 0 spiro atoms. The topological polar surface area (TPSA) is 38.0 Å². The molecule has 4 heteroatoms. The number of hydrogen-bond acceptors (Lipinski definition) is 2. The van der Waals surface area contributed by atoms with Gasteiger partial charge in [0.25, 0.3) is 0 Å². The van der Waals surface area contributed by atoms with Gasteiger partial charge in [0, 0.05) is 24.2 Å². The van der Waals surface area contributed by atoms with Crippen molar-refractivity contribution in [3.63, 3.8) is 0 Å². The highest BCUT2D eigenvalue weighted by Gasteiger charge is 2.15. The summed E-state index contributed by atoms with van der Waals surface area (Å²) in [7, 11) is 1.90. The first-order chi connectivity index (χ1) is 9.02. The largest absolute Gasteiger partial charge is 0.388 e. The number of aryl methyl sites for hydroxylation is 3. The Morgan fingerprint density at radius 2 is 2.16 bits per heavy atom. The van der Waals surface area contributed by atoms with Crippen LogP contribution in [-0.4, -0.2) is 14.9 Å². The van der Waals surface area contributed by atoms with Gasteiger partial charge in [-0.25, -0.2) is 0 Å². The number of halogens is 1. The number of rotatable bonds is 4. The lowest BCUT2D eigenvalue weighted by atomic mass is 10.0. The van der Waals surface area contributed by atoms with Gasteiger partial charge in [-0.2, -0.15) is 5.10 Å². The lowest BCUT2D eigenvalue weighted by Gasteiger charge is -2.14. The molecule has 0 radical (unpaired) electrons. The maximum Gasteiger partial charge on any atom is 0.0859 e. The summed E-state index contributed by atoms with van der Waals surface area (Å²) in [5.74, 6) is 0. The number of hydrogen-bond donors (Lipinski definition) is 1. The molecule has 0 saturated heterocycles. The fourth-order valence-corrected chi connectivity index (χ4v) is 2.42. The summed E-state index contributed by atoms with van der Waals surface area (Å²) in [6, 6.07) is 7.77. The molecule has 2 rings (SSSR count). The van der Waals surface area contributed by atoms with Gasteiger partial charge in [-0.05, 0) is 30.5 Å². The SMILES string of the molecule is CCc1cc(CC(O)c2cccc(C)c2Cl)n(C)n1. The van der Waals surface area contributed by atoms with Gasteiger partial charge in [0.2, 0.25) is 0 Å². The Bertz CT molecular complexity index is 578. The van der Waals surface area contributed by atoms with Gasteiger partial charge in [-0.1, -0.05) is 36.7 Å². The van der Waals surface area contributed by atoms with Crippen molar-refractivity contribution in [3.8, 4) is 0 Å². The summed E-state index contributed by atoms with van der Waals surface area (Å²) in [5.41, 5.74) is 3.82. The van der Waals surface area contributed by atoms with Crippen LogP contribution in [-0.2, 0) is 19.9 Å². The van der Waals surface area contributed by atoms with Gasteiger partial charge in [0.15, 0.2) is 0 Å². The van der Waals surface area contributed by atoms with E-state index in [1.807, 2.05) is 42.9 Å². The van der Waals surface area contributed by atoms with E-state index in [1.54, 1.807) is 0 Å². The van der Waals surface area contributed by atoms with Crippen LogP contribution in [0.2, 0.25) is 5.02 Å². The second-order valence-electron chi connectivity index (χ2n) is 4.80. The minimum atomic E-state index is -0.604. The fraction of sp³-hybridized carbons (Fsp3) is 0.400. The van der Waals surface area contributed by atoms with Crippen molar-refractivity contribution >= 4 is 11.6 Å². The first-order valence-electron chi connectivity index (χ1n) is 6.47. The van der Waals surface area contributed by atoms with E-state index in [2.05, 4.69) is 12.0 Å². The Morgan fingerprint density at radius 3 is 2.79 bits per heavy atom. The molecule has 1 aromatic heterocycles. The molecule has 0 saturated carbocycles. The van der Waals surface area contributed by atoms with Gasteiger partial charge in [0.1, 0.15) is 0 Å². The molecule has 1 N–H and O–H groups in total. The Kier molecular flexibility index (Phi) is 4.27. The molecule has 1 aromatic carbocycles. The van der Waals surface area contributed by atoms with Crippen molar-refractivity contribution in [3.05, 3.63) is 51.8 Å². The van der Waals surface area contributed by atoms with Crippen LogP contribution in [0.5, 0.6) is 0 Å². The molecule has 1 atom stereocenters. The number of benzene rings is 1. The number of aliphatic hydroxyl groups is 1. The first kappa shape index (κ1) is 14.1. The third kappa shape index (κ3) is 2.99. The summed E-state index contributed by atoms with van der Waals surface area (Å²) >= 11 is 6.24. The molecular weight excluding hydrogens is 260 g/mol. The third-order valence-electron chi connectivity index (χ3n) is 3.37. The zero-order valence-corrected chi connectivity index (χ0v) is 12.3. The van der Waals surface area contributed by atoms with Crippen molar-refractivity contribution in [2.75, 3.05) is 0 Å². The van der Waals surface area contributed by atoms with Crippen molar-refractivity contribution in [2.45, 2.75) is 32.8 Å². The number of aromatic nitrogens is 2. The molecule has 3 nitrogen and oxygen atoms in total. The molecule has 0 bridgehead atoms. The maximum atomic E-state index is 10.4. The monoisotopic (exact) mass is 278 g/mol. The average Bonchev–Trinajstić information content (AvgIpc) is 2.73. The Hall–Kier alpha value is -1.32. The second-order valence-corrected chi connectivity index (χ2v) is 5.18. The molecule has 0 aliphatic rings. The van der Waals surface area contributed by atoms with Crippen molar-refractivity contribution in [1.82, 2.24) is 9.78 Å². The van der Waals surface area contributed by atoms with Crippen LogP contribution < -0.4 is 0 Å². The molecule has 1 heterocycles. The first-order valence-corrected chi connectivity index (χ1v) is 6.85. The molecule has 19 heavy (non-hydrogen) atoms. The lowest BCUT2D eigenvalue weighted by molar-refractivity contribution is 0.176. The van der Waals surface area contributed by atoms with Gasteiger partial charge in [0.05, 0.1) is 11.8 Å². The second kappa shape index (κ2) is 5.76. The zero-order chi connectivity index (χ0) is 14.0. The highest BCUT2D eigenvalue weighted by atomic mass is 35.5. The molecule has 0 amide bonds. The van der Waals surface area contributed by atoms with Crippen LogP contribution in [0, 0.1) is 6.92 Å². The number of aliphatic hydroxyl groups excluding tert-OH is 1. The third-order valence-corrected chi connectivity index (χ3v) is 3.89. The molecule has 0 fully saturated rings. The molecule has 1 unspecified atom stereocenters. The smallest absolute Gasteiger partial charge is 0.0859 e. The maximum absolute atomic E-state index is 10.4. The fourth-order valence-electron chi connectivity index (χ4n) is 2.17. The van der Waals surface area contributed by atoms with E-state index < -0.39 is 6.10 Å². The zero-order valence-electron chi connectivity index (χ0n) is 11.5. The average molecular weight is 279 g/mol. The highest BCUT2D eigenvalue weighted by molar-refractivity contribution is 6.32. The summed E-state index contributed by atoms with van der Waals surface area (Å²) in [6.45, 7) is 4.01. The summed E-state index contributed by atoms with van der Waals surface area (Å²) in [4.78, 5) is 0. The van der Waals surface area contributed by atoms with Gasteiger partial charge < -0.3 is 5.11 Å². The van der Waals surface area contributed by atoms with Crippen LogP contribution in [0.1, 0.15) is 35.5 Å². The summed E-state index contributed by atoms with van der Waals surface area (Å²) in [5, 5.41) is 15.4. The molecule has 2 aromatic rings. The Balaban J connectivity index is 2.22. The van der Waals surface area contributed by atoms with Crippen molar-refractivity contribution < 1.29 is 5.11 Å². The normalized spacial score (nSPS) is 12.7. The van der Waals surface area contributed by atoms with Crippen LogP contribution in [0.3, 0.4) is 0 Å². The van der Waals surface area contributed by atoms with Crippen LogP contribution in [0.4, 0.5) is 0 Å². The standard InChI is InChI=1S/C15H19ClN2O/c1-4-11-8-12(18(3)17-11)9-14(19)13-7-5-6-10(2)15(13)16/h5-8,14,19H,4,9H2,1-3H3. The predicted molar refractivity (Wildman–Crippen MR) is 77.4 cm³/mol. The van der Waals surface area contributed by atoms with E-state index in [1.165, 1.54) is 0 Å². The van der Waals surface area contributed by atoms with E-state index in [4.69, 9.17) is 11.6 Å². The Morgan fingerprint density at radius 1 is 1.42 bits per heavy atom. The van der Waals surface area contributed by atoms with Gasteiger partial charge in [-0.3, -0.25) is 4.68 Å². The summed E-state index contributed by atoms with van der Waals surface area (Å²) in [6.07, 6.45) is 0.814. The van der Waals surface area contributed by atoms with Crippen LogP contribution in [0.25, 0.3) is 0 Å². The molecule has 102 valence electrons. The van der Waals surface area contributed by atoms with Crippen LogP contribution in [0.15, 0.2) is 24.3 Å². The van der Waals surface area contributed by atoms with E-state index >= 15 is 0 Å². The predicted octanol–water partition coefficient (Wildman–Crippen LogP) is 3.22. The highest BCUT2D eigenvalue weighted by Crippen LogP contribution is 2.28. The molecular formula is C15H19ClN2O. The van der Waals surface area contributed by atoms with Gasteiger partial charge >= 0.3 is 0 Å². The lowest BCUT2D eigenvalue weighted by Crippen LogP contribution is -2.07. The summed E-state index contributed by atoms with van der Waals surface area (Å²) < 4.78 is 1.83. The van der Waals surface area contributed by atoms with Gasteiger partial charge in [-0.15, -0.1) is 0 Å². The minimum Gasteiger partial charge on any atom is -0.388 e. The quantitative estimate of drug-likeness (QED) is 0.932. The Labute approximate surface area is 118 Å². The molecule has 0 aliphatic carbocycles. The van der Waals surface area contributed by atoms with Crippen LogP contribution >= 0.6 is 11.6 Å². The van der Waals surface area contributed by atoms with Crippen molar-refractivity contribution in [1.29, 1.82) is 0 Å². The van der Waals surface area contributed by atoms with E-state index in [0.29, 0.717) is 11.4 Å². The number of nitrogens with zero attached hydrogens (tertiary/aromatic N) is 2. The van der Waals surface area contributed by atoms with E-state index in [-0.39, 0.29) is 0 Å². The molecule has 0 aliphatic heterocycles. The van der Waals surface area contributed by atoms with E-state index in [0.717, 1.165) is 28.9 Å².